The standard InChI is InChI=1S/C17H21N2/c1-18(2)13-14-19(17-11-7-4-8-12-17)15-16-9-5-3-6-10-16/h3,5-12H,13-15H2,1-2H3. The maximum atomic E-state index is 3.08. The maximum Gasteiger partial charge on any atom is 0.0430 e. The predicted molar refractivity (Wildman–Crippen MR) is 81.3 cm³/mol. The molecule has 0 unspecified atom stereocenters. The zero-order chi connectivity index (χ0) is 13.5. The van der Waals surface area contributed by atoms with E-state index in [1.165, 1.54) is 11.3 Å². The molecule has 0 atom stereocenters. The van der Waals surface area contributed by atoms with Crippen molar-refractivity contribution >= 4 is 5.69 Å². The van der Waals surface area contributed by atoms with E-state index < -0.39 is 0 Å². The van der Waals surface area contributed by atoms with Crippen molar-refractivity contribution in [3.8, 4) is 0 Å². The summed E-state index contributed by atoms with van der Waals surface area (Å²) in [4.78, 5) is 4.62. The van der Waals surface area contributed by atoms with Gasteiger partial charge in [-0.05, 0) is 37.9 Å². The van der Waals surface area contributed by atoms with Crippen LogP contribution in [0.1, 0.15) is 5.56 Å². The van der Waals surface area contributed by atoms with Crippen LogP contribution in [0.2, 0.25) is 0 Å². The molecule has 0 aromatic heterocycles. The third-order valence-electron chi connectivity index (χ3n) is 3.10. The van der Waals surface area contributed by atoms with Crippen molar-refractivity contribution in [1.82, 2.24) is 4.90 Å². The van der Waals surface area contributed by atoms with Gasteiger partial charge in [-0.15, -0.1) is 0 Å². The highest BCUT2D eigenvalue weighted by molar-refractivity contribution is 5.46. The van der Waals surface area contributed by atoms with E-state index >= 15 is 0 Å². The summed E-state index contributed by atoms with van der Waals surface area (Å²) < 4.78 is 0. The third kappa shape index (κ3) is 4.42. The number of rotatable bonds is 6. The van der Waals surface area contributed by atoms with Crippen molar-refractivity contribution < 1.29 is 0 Å². The minimum absolute atomic E-state index is 0.943. The Morgan fingerprint density at radius 2 is 1.58 bits per heavy atom. The molecule has 2 rings (SSSR count). The maximum absolute atomic E-state index is 3.08. The van der Waals surface area contributed by atoms with Crippen molar-refractivity contribution in [3.63, 3.8) is 0 Å². The largest absolute Gasteiger partial charge is 0.366 e. The van der Waals surface area contributed by atoms with Crippen molar-refractivity contribution in [1.29, 1.82) is 0 Å². The highest BCUT2D eigenvalue weighted by atomic mass is 15.2. The zero-order valence-corrected chi connectivity index (χ0v) is 11.7. The molecule has 0 bridgehead atoms. The SMILES string of the molecule is CN(C)CCN(Cc1ccccc1)c1cc[c]cc1. The number of likely N-dealkylation sites (N-methyl/N-ethyl adjacent to an activating group) is 1. The molecule has 0 aliphatic rings. The first-order chi connectivity index (χ1) is 9.25. The van der Waals surface area contributed by atoms with Crippen LogP contribution < -0.4 is 4.90 Å². The van der Waals surface area contributed by atoms with E-state index in [-0.39, 0.29) is 0 Å². The fraction of sp³-hybridized carbons (Fsp3) is 0.294. The number of nitrogens with zero attached hydrogens (tertiary/aromatic N) is 2. The summed E-state index contributed by atoms with van der Waals surface area (Å²) in [5.41, 5.74) is 2.60. The fourth-order valence-electron chi connectivity index (χ4n) is 2.01. The summed E-state index contributed by atoms with van der Waals surface area (Å²) in [5, 5.41) is 0. The van der Waals surface area contributed by atoms with E-state index in [0.29, 0.717) is 0 Å². The Labute approximate surface area is 116 Å². The second-order valence-corrected chi connectivity index (χ2v) is 4.97. The Kier molecular flexibility index (Phi) is 4.99. The van der Waals surface area contributed by atoms with Gasteiger partial charge in [0.2, 0.25) is 0 Å². The first-order valence-electron chi connectivity index (χ1n) is 6.65. The van der Waals surface area contributed by atoms with Gasteiger partial charge in [-0.3, -0.25) is 0 Å². The van der Waals surface area contributed by atoms with Crippen LogP contribution in [0.15, 0.2) is 54.6 Å². The van der Waals surface area contributed by atoms with E-state index in [2.05, 4.69) is 72.4 Å². The predicted octanol–water partition coefficient (Wildman–Crippen LogP) is 3.05. The highest BCUT2D eigenvalue weighted by Gasteiger charge is 2.07. The lowest BCUT2D eigenvalue weighted by molar-refractivity contribution is 0.412. The van der Waals surface area contributed by atoms with Crippen molar-refractivity contribution in [2.45, 2.75) is 6.54 Å². The lowest BCUT2D eigenvalue weighted by Crippen LogP contribution is -2.31. The summed E-state index contributed by atoms with van der Waals surface area (Å²) >= 11 is 0. The molecule has 2 aromatic rings. The second kappa shape index (κ2) is 6.95. The van der Waals surface area contributed by atoms with Gasteiger partial charge >= 0.3 is 0 Å². The third-order valence-corrected chi connectivity index (χ3v) is 3.10. The van der Waals surface area contributed by atoms with Crippen LogP contribution in [0.25, 0.3) is 0 Å². The van der Waals surface area contributed by atoms with Gasteiger partial charge in [-0.1, -0.05) is 42.5 Å². The minimum Gasteiger partial charge on any atom is -0.366 e. The molecule has 0 heterocycles. The molecule has 0 aliphatic carbocycles. The molecule has 1 radical (unpaired) electrons. The van der Waals surface area contributed by atoms with E-state index in [1.54, 1.807) is 0 Å². The average Bonchev–Trinajstić information content (AvgIpc) is 2.45. The van der Waals surface area contributed by atoms with Crippen LogP contribution in [0, 0.1) is 6.07 Å². The summed E-state index contributed by atoms with van der Waals surface area (Å²) in [7, 11) is 4.22. The van der Waals surface area contributed by atoms with Crippen LogP contribution in [0.3, 0.4) is 0 Å². The number of hydrogen-bond acceptors (Lipinski definition) is 2. The van der Waals surface area contributed by atoms with Crippen molar-refractivity contribution in [2.24, 2.45) is 0 Å². The Bertz CT molecular complexity index is 465. The summed E-state index contributed by atoms with van der Waals surface area (Å²) in [6.45, 7) is 3.01. The molecule has 2 heteroatoms. The van der Waals surface area contributed by atoms with E-state index in [0.717, 1.165) is 19.6 Å². The van der Waals surface area contributed by atoms with E-state index in [4.69, 9.17) is 0 Å². The van der Waals surface area contributed by atoms with Gasteiger partial charge in [0.15, 0.2) is 0 Å². The lowest BCUT2D eigenvalue weighted by atomic mass is 10.2. The second-order valence-electron chi connectivity index (χ2n) is 4.97. The van der Waals surface area contributed by atoms with Crippen molar-refractivity contribution in [2.75, 3.05) is 32.1 Å². The monoisotopic (exact) mass is 253 g/mol. The Hall–Kier alpha value is -1.80. The van der Waals surface area contributed by atoms with Crippen LogP contribution in [-0.2, 0) is 6.54 Å². The van der Waals surface area contributed by atoms with Gasteiger partial charge < -0.3 is 9.80 Å². The Morgan fingerprint density at radius 3 is 2.21 bits per heavy atom. The van der Waals surface area contributed by atoms with Gasteiger partial charge in [0, 0.05) is 25.3 Å². The molecule has 2 aromatic carbocycles. The van der Waals surface area contributed by atoms with Crippen LogP contribution in [0.5, 0.6) is 0 Å². The smallest absolute Gasteiger partial charge is 0.0430 e. The van der Waals surface area contributed by atoms with Gasteiger partial charge in [0.25, 0.3) is 0 Å². The molecule has 0 spiro atoms. The Morgan fingerprint density at radius 1 is 0.895 bits per heavy atom. The molecule has 99 valence electrons. The topological polar surface area (TPSA) is 6.48 Å². The number of benzene rings is 2. The lowest BCUT2D eigenvalue weighted by Gasteiger charge is -2.26. The first kappa shape index (κ1) is 13.6. The van der Waals surface area contributed by atoms with Gasteiger partial charge in [-0.25, -0.2) is 0 Å². The first-order valence-corrected chi connectivity index (χ1v) is 6.65. The molecule has 0 aliphatic heterocycles. The molecule has 2 nitrogen and oxygen atoms in total. The normalized spacial score (nSPS) is 10.7. The van der Waals surface area contributed by atoms with E-state index in [1.807, 2.05) is 12.1 Å². The van der Waals surface area contributed by atoms with Crippen LogP contribution in [0.4, 0.5) is 5.69 Å². The van der Waals surface area contributed by atoms with Crippen molar-refractivity contribution in [3.05, 3.63) is 66.2 Å². The number of hydrogen-bond donors (Lipinski definition) is 0. The van der Waals surface area contributed by atoms with Crippen LogP contribution >= 0.6 is 0 Å². The number of anilines is 1. The fourth-order valence-corrected chi connectivity index (χ4v) is 2.01. The zero-order valence-electron chi connectivity index (χ0n) is 11.7. The molecule has 0 fully saturated rings. The van der Waals surface area contributed by atoms with E-state index in [9.17, 15) is 0 Å². The molecule has 0 amide bonds. The molecule has 0 saturated heterocycles. The molecule has 0 saturated carbocycles. The molecule has 0 N–H and O–H groups in total. The molecule has 19 heavy (non-hydrogen) atoms. The van der Waals surface area contributed by atoms with Gasteiger partial charge in [-0.2, -0.15) is 0 Å². The molecular weight excluding hydrogens is 232 g/mol. The summed E-state index contributed by atoms with van der Waals surface area (Å²) in [6, 6.07) is 21.9. The minimum atomic E-state index is 0.943. The molecular formula is C17H21N2. The quantitative estimate of drug-likeness (QED) is 0.780. The van der Waals surface area contributed by atoms with Gasteiger partial charge in [0.05, 0.1) is 0 Å². The van der Waals surface area contributed by atoms with Gasteiger partial charge in [0.1, 0.15) is 0 Å². The summed E-state index contributed by atoms with van der Waals surface area (Å²) in [6.07, 6.45) is 0. The van der Waals surface area contributed by atoms with Crippen LogP contribution in [-0.4, -0.2) is 32.1 Å². The Balaban J connectivity index is 2.10. The highest BCUT2D eigenvalue weighted by Crippen LogP contribution is 2.16. The average molecular weight is 253 g/mol. The summed E-state index contributed by atoms with van der Waals surface area (Å²) in [5.74, 6) is 0.